The van der Waals surface area contributed by atoms with E-state index in [9.17, 15) is 0 Å². The average molecular weight is 417 g/mol. The number of rotatable bonds is 2. The molecule has 0 aromatic heterocycles. The maximum atomic E-state index is 6.71. The number of benzene rings is 4. The smallest absolute Gasteiger partial charge is 0.0581 e. The maximum Gasteiger partial charge on any atom is 0.0581 e. The standard InChI is InChI=1S/C30H28N2/c1-29(2)25-11-7-5-9-21(25)23-17-19(13-15-27(23)29)32(31)20-14-16-28-24(18-20)22-10-6-8-12-26(22)30(28,3)4/h5-18H,31H2,1-4H3. The molecule has 32 heavy (non-hydrogen) atoms. The zero-order chi connectivity index (χ0) is 22.3. The Balaban J connectivity index is 1.45. The first-order chi connectivity index (χ1) is 15.3. The van der Waals surface area contributed by atoms with Crippen LogP contribution in [0, 0.1) is 0 Å². The maximum absolute atomic E-state index is 6.71. The normalized spacial score (nSPS) is 16.2. The van der Waals surface area contributed by atoms with E-state index in [1.165, 1.54) is 44.5 Å². The van der Waals surface area contributed by atoms with Crippen molar-refractivity contribution in [3.05, 3.63) is 107 Å². The lowest BCUT2D eigenvalue weighted by Crippen LogP contribution is -2.25. The topological polar surface area (TPSA) is 29.3 Å². The zero-order valence-corrected chi connectivity index (χ0v) is 19.1. The molecule has 0 saturated heterocycles. The van der Waals surface area contributed by atoms with Crippen LogP contribution in [0.5, 0.6) is 0 Å². The molecule has 2 aliphatic rings. The van der Waals surface area contributed by atoms with Crippen LogP contribution in [0.2, 0.25) is 0 Å². The second-order valence-electron chi connectivity index (χ2n) is 10.2. The van der Waals surface area contributed by atoms with Gasteiger partial charge in [0.1, 0.15) is 0 Å². The van der Waals surface area contributed by atoms with Gasteiger partial charge in [-0.05, 0) is 68.8 Å². The van der Waals surface area contributed by atoms with Crippen LogP contribution in [0.3, 0.4) is 0 Å². The molecule has 0 atom stereocenters. The predicted octanol–water partition coefficient (Wildman–Crippen LogP) is 7.31. The van der Waals surface area contributed by atoms with Gasteiger partial charge in [0, 0.05) is 10.8 Å². The molecule has 4 aromatic carbocycles. The van der Waals surface area contributed by atoms with E-state index in [4.69, 9.17) is 5.84 Å². The van der Waals surface area contributed by atoms with Gasteiger partial charge in [-0.3, -0.25) is 5.01 Å². The van der Waals surface area contributed by atoms with Crippen LogP contribution in [-0.2, 0) is 10.8 Å². The summed E-state index contributed by atoms with van der Waals surface area (Å²) in [5.74, 6) is 6.71. The van der Waals surface area contributed by atoms with E-state index < -0.39 is 0 Å². The number of anilines is 2. The second-order valence-corrected chi connectivity index (χ2v) is 10.2. The Hall–Kier alpha value is -3.36. The molecule has 2 N–H and O–H groups in total. The van der Waals surface area contributed by atoms with Crippen LogP contribution in [-0.4, -0.2) is 0 Å². The second kappa shape index (κ2) is 6.34. The Morgan fingerprint density at radius 2 is 0.875 bits per heavy atom. The molecule has 0 aliphatic heterocycles. The Bertz CT molecular complexity index is 1290. The predicted molar refractivity (Wildman–Crippen MR) is 134 cm³/mol. The molecule has 0 fully saturated rings. The van der Waals surface area contributed by atoms with Crippen molar-refractivity contribution in [2.75, 3.05) is 5.01 Å². The molecule has 158 valence electrons. The van der Waals surface area contributed by atoms with Crippen LogP contribution in [0.15, 0.2) is 84.9 Å². The van der Waals surface area contributed by atoms with Crippen LogP contribution in [0.25, 0.3) is 22.3 Å². The highest BCUT2D eigenvalue weighted by molar-refractivity contribution is 5.86. The fraction of sp³-hybridized carbons (Fsp3) is 0.200. The lowest BCUT2D eigenvalue weighted by atomic mass is 9.82. The molecule has 0 saturated carbocycles. The number of hydrazine groups is 1. The number of hydrogen-bond donors (Lipinski definition) is 1. The summed E-state index contributed by atoms with van der Waals surface area (Å²) in [6, 6.07) is 30.7. The van der Waals surface area contributed by atoms with Crippen molar-refractivity contribution in [2.45, 2.75) is 38.5 Å². The highest BCUT2D eigenvalue weighted by atomic mass is 15.4. The highest BCUT2D eigenvalue weighted by Crippen LogP contribution is 2.51. The molecule has 0 bridgehead atoms. The van der Waals surface area contributed by atoms with E-state index in [2.05, 4.69) is 113 Å². The number of nitrogens with two attached hydrogens (primary N) is 1. The van der Waals surface area contributed by atoms with Crippen molar-refractivity contribution in [1.82, 2.24) is 0 Å². The van der Waals surface area contributed by atoms with Crippen LogP contribution in [0.1, 0.15) is 49.9 Å². The summed E-state index contributed by atoms with van der Waals surface area (Å²) in [4.78, 5) is 0. The molecule has 0 radical (unpaired) electrons. The van der Waals surface area contributed by atoms with Gasteiger partial charge in [-0.1, -0.05) is 88.4 Å². The minimum Gasteiger partial charge on any atom is -0.280 e. The summed E-state index contributed by atoms with van der Waals surface area (Å²) in [5, 5.41) is 1.82. The van der Waals surface area contributed by atoms with Gasteiger partial charge in [-0.2, -0.15) is 0 Å². The van der Waals surface area contributed by atoms with E-state index in [1.54, 1.807) is 0 Å². The van der Waals surface area contributed by atoms with Crippen molar-refractivity contribution in [3.63, 3.8) is 0 Å². The number of hydrogen-bond acceptors (Lipinski definition) is 2. The lowest BCUT2D eigenvalue weighted by molar-refractivity contribution is 0.660. The van der Waals surface area contributed by atoms with Gasteiger partial charge < -0.3 is 0 Å². The van der Waals surface area contributed by atoms with Crippen molar-refractivity contribution in [2.24, 2.45) is 5.84 Å². The van der Waals surface area contributed by atoms with E-state index in [1.807, 2.05) is 5.01 Å². The molecule has 2 heteroatoms. The fourth-order valence-corrected chi connectivity index (χ4v) is 5.87. The van der Waals surface area contributed by atoms with Crippen molar-refractivity contribution in [1.29, 1.82) is 0 Å². The molecular formula is C30H28N2. The SMILES string of the molecule is CC1(C)c2ccccc2-c2cc(N(N)c3ccc4c(c3)-c3ccccc3C4(C)C)ccc21. The van der Waals surface area contributed by atoms with E-state index in [0.717, 1.165) is 11.4 Å². The van der Waals surface area contributed by atoms with Gasteiger partial charge >= 0.3 is 0 Å². The molecule has 0 spiro atoms. The van der Waals surface area contributed by atoms with Gasteiger partial charge in [0.15, 0.2) is 0 Å². The minimum atomic E-state index is 0.00669. The summed E-state index contributed by atoms with van der Waals surface area (Å²) in [5.41, 5.74) is 12.7. The van der Waals surface area contributed by atoms with E-state index >= 15 is 0 Å². The third-order valence-corrected chi connectivity index (χ3v) is 7.69. The molecule has 0 unspecified atom stereocenters. The number of fused-ring (bicyclic) bond motifs is 6. The summed E-state index contributed by atoms with van der Waals surface area (Å²) >= 11 is 0. The third kappa shape index (κ3) is 2.44. The molecule has 4 aromatic rings. The Morgan fingerprint density at radius 1 is 0.500 bits per heavy atom. The van der Waals surface area contributed by atoms with Crippen molar-refractivity contribution < 1.29 is 0 Å². The first-order valence-electron chi connectivity index (χ1n) is 11.3. The van der Waals surface area contributed by atoms with E-state index in [0.29, 0.717) is 0 Å². The molecule has 2 aliphatic carbocycles. The van der Waals surface area contributed by atoms with Gasteiger partial charge in [-0.25, -0.2) is 5.84 Å². The Kier molecular flexibility index (Phi) is 3.83. The zero-order valence-electron chi connectivity index (χ0n) is 19.1. The Labute approximate surface area is 190 Å². The molecule has 6 rings (SSSR count). The third-order valence-electron chi connectivity index (χ3n) is 7.69. The van der Waals surface area contributed by atoms with Crippen LogP contribution >= 0.6 is 0 Å². The summed E-state index contributed by atoms with van der Waals surface area (Å²) < 4.78 is 0. The first kappa shape index (κ1) is 19.3. The van der Waals surface area contributed by atoms with E-state index in [-0.39, 0.29) is 10.8 Å². The summed E-state index contributed by atoms with van der Waals surface area (Å²) in [7, 11) is 0. The minimum absolute atomic E-state index is 0.00669. The number of nitrogens with zero attached hydrogens (tertiary/aromatic N) is 1. The lowest BCUT2D eigenvalue weighted by Gasteiger charge is -2.24. The molecule has 2 nitrogen and oxygen atoms in total. The highest BCUT2D eigenvalue weighted by Gasteiger charge is 2.36. The fourth-order valence-electron chi connectivity index (χ4n) is 5.87. The molecule has 0 heterocycles. The van der Waals surface area contributed by atoms with Gasteiger partial charge in [0.2, 0.25) is 0 Å². The quantitative estimate of drug-likeness (QED) is 0.274. The monoisotopic (exact) mass is 416 g/mol. The van der Waals surface area contributed by atoms with Crippen molar-refractivity contribution >= 4 is 11.4 Å². The average Bonchev–Trinajstić information content (AvgIpc) is 3.18. The molecule has 0 amide bonds. The van der Waals surface area contributed by atoms with Crippen LogP contribution < -0.4 is 10.9 Å². The molecular weight excluding hydrogens is 388 g/mol. The summed E-state index contributed by atoms with van der Waals surface area (Å²) in [6.07, 6.45) is 0. The summed E-state index contributed by atoms with van der Waals surface area (Å²) in [6.45, 7) is 9.21. The first-order valence-corrected chi connectivity index (χ1v) is 11.3. The van der Waals surface area contributed by atoms with Gasteiger partial charge in [0.25, 0.3) is 0 Å². The van der Waals surface area contributed by atoms with Gasteiger partial charge in [0.05, 0.1) is 11.4 Å². The largest absolute Gasteiger partial charge is 0.280 e. The van der Waals surface area contributed by atoms with Crippen molar-refractivity contribution in [3.8, 4) is 22.3 Å². The Morgan fingerprint density at radius 3 is 1.31 bits per heavy atom. The van der Waals surface area contributed by atoms with Gasteiger partial charge in [-0.15, -0.1) is 0 Å². The van der Waals surface area contributed by atoms with Crippen LogP contribution in [0.4, 0.5) is 11.4 Å².